The molecule has 0 aromatic heterocycles. The van der Waals surface area contributed by atoms with Crippen LogP contribution in [0.1, 0.15) is 64.5 Å². The van der Waals surface area contributed by atoms with Crippen LogP contribution in [0.15, 0.2) is 82.6 Å². The molecule has 430 valence electrons. The zero-order chi connectivity index (χ0) is 56.2. The van der Waals surface area contributed by atoms with Crippen LogP contribution < -0.4 is 10.0 Å². The van der Waals surface area contributed by atoms with Crippen LogP contribution in [0.25, 0.3) is 0 Å². The van der Waals surface area contributed by atoms with Gasteiger partial charge in [0.05, 0.1) is 81.6 Å². The van der Waals surface area contributed by atoms with E-state index in [2.05, 4.69) is 19.8 Å². The number of aliphatic hydroxyl groups is 2. The quantitative estimate of drug-likeness (QED) is 0.0400. The summed E-state index contributed by atoms with van der Waals surface area (Å²) >= 11 is 25.6. The van der Waals surface area contributed by atoms with Gasteiger partial charge in [0.1, 0.15) is 6.10 Å². The molecule has 2 aliphatic heterocycles. The molecular weight excluding hydrogens is 1130 g/mol. The maximum atomic E-state index is 13.0. The Labute approximate surface area is 477 Å². The van der Waals surface area contributed by atoms with Gasteiger partial charge in [0, 0.05) is 90.8 Å². The van der Waals surface area contributed by atoms with Crippen LogP contribution in [0.4, 0.5) is 0 Å². The number of hydrogen-bond donors (Lipinski definition) is 4. The summed E-state index contributed by atoms with van der Waals surface area (Å²) < 4.78 is 87.3. The van der Waals surface area contributed by atoms with Crippen LogP contribution in [-0.2, 0) is 71.0 Å². The number of benzene rings is 4. The number of Topliss-reactive ketones (excluding diaryl/α,β-unsaturated/α-hetero) is 1. The van der Waals surface area contributed by atoms with E-state index in [1.807, 2.05) is 50.5 Å². The SMILES string of the molecule is CN1Cc2c(Cl)cc(Cl)cc2[C@H](c2ccc(S(=O)(=O)CCCOCCOCCOCCCC(=O)C(O)C(O)C(=O)NCCOCCOCCOCCNS(=O)(=O)c3ccc([C@@H]4CN(C)Cc5c(Cl)cc(Cl)cc54)cc3)cc2)C1. The van der Waals surface area contributed by atoms with Gasteiger partial charge in [0.25, 0.3) is 5.91 Å². The second-order valence-corrected chi connectivity index (χ2v) is 24.6. The molecule has 0 radical (unpaired) electrons. The smallest absolute Gasteiger partial charge is 0.252 e. The molecule has 18 nitrogen and oxygen atoms in total. The third kappa shape index (κ3) is 19.4. The number of nitrogens with zero attached hydrogens (tertiary/aromatic N) is 2. The van der Waals surface area contributed by atoms with Crippen molar-refractivity contribution in [3.63, 3.8) is 0 Å². The van der Waals surface area contributed by atoms with Crippen molar-refractivity contribution in [2.45, 2.75) is 66.2 Å². The monoisotopic (exact) mass is 1200 g/mol. The summed E-state index contributed by atoms with van der Waals surface area (Å²) in [6.45, 7) is 5.56. The maximum absolute atomic E-state index is 13.0. The van der Waals surface area contributed by atoms with E-state index < -0.39 is 43.8 Å². The van der Waals surface area contributed by atoms with Gasteiger partial charge in [0.15, 0.2) is 21.7 Å². The lowest BCUT2D eigenvalue weighted by Crippen LogP contribution is -2.46. The largest absolute Gasteiger partial charge is 0.382 e. The number of carbonyl (C=O) groups is 2. The molecule has 1 amide bonds. The molecule has 0 spiro atoms. The van der Waals surface area contributed by atoms with E-state index in [-0.39, 0.29) is 133 Å². The van der Waals surface area contributed by atoms with Gasteiger partial charge in [-0.25, -0.2) is 21.6 Å². The van der Waals surface area contributed by atoms with Gasteiger partial charge in [-0.05, 0) is 109 Å². The minimum absolute atomic E-state index is 0.00700. The fourth-order valence-corrected chi connectivity index (χ4v) is 12.5. The van der Waals surface area contributed by atoms with Crippen molar-refractivity contribution in [1.82, 2.24) is 19.8 Å². The Morgan fingerprint density at radius 3 is 1.49 bits per heavy atom. The standard InChI is InChI=1S/C54H70Cl4N4O14S2/c1-61-33-45(43-29-39(55)31-49(57)47(43)35-61)37-6-10-41(11-7-37)77(67,68)28-4-17-72-21-25-75-24-20-71-16-3-5-51(63)52(64)53(65)54(66)59-14-18-73-22-26-76-27-23-74-19-15-60-78(69,70)42-12-8-38(9-13-42)46-34-62(2)36-48-44(46)30-40(56)32-50(48)58/h6-13,29-32,45-46,52-53,60,64-65H,3-5,14-28,33-36H2,1-2H3,(H,59,66)/t45-,46-,52?,53?/m0/s1. The number of ether oxygens (including phenoxy) is 6. The van der Waals surface area contributed by atoms with E-state index in [0.717, 1.165) is 46.5 Å². The van der Waals surface area contributed by atoms with E-state index >= 15 is 0 Å². The molecular formula is C54H70Cl4N4O14S2. The van der Waals surface area contributed by atoms with Gasteiger partial charge in [-0.1, -0.05) is 70.7 Å². The number of nitrogens with one attached hydrogen (secondary N) is 2. The number of fused-ring (bicyclic) bond motifs is 2. The molecule has 0 saturated heterocycles. The highest BCUT2D eigenvalue weighted by molar-refractivity contribution is 7.91. The first kappa shape index (κ1) is 63.8. The van der Waals surface area contributed by atoms with Crippen LogP contribution in [0.3, 0.4) is 0 Å². The summed E-state index contributed by atoms with van der Waals surface area (Å²) in [5, 5.41) is 25.2. The van der Waals surface area contributed by atoms with Crippen molar-refractivity contribution >= 4 is 78.0 Å². The number of carbonyl (C=O) groups excluding carboxylic acids is 2. The van der Waals surface area contributed by atoms with Crippen LogP contribution >= 0.6 is 46.4 Å². The summed E-state index contributed by atoms with van der Waals surface area (Å²) in [6.07, 6.45) is -3.41. The number of amides is 1. The molecule has 4 aromatic rings. The summed E-state index contributed by atoms with van der Waals surface area (Å²) in [7, 11) is -3.25. The van der Waals surface area contributed by atoms with Crippen molar-refractivity contribution < 1.29 is 65.1 Å². The maximum Gasteiger partial charge on any atom is 0.252 e. The molecule has 0 bridgehead atoms. The molecule has 0 fully saturated rings. The lowest BCUT2D eigenvalue weighted by atomic mass is 9.85. The minimum atomic E-state index is -3.77. The molecule has 0 aliphatic carbocycles. The Balaban J connectivity index is 0.705. The lowest BCUT2D eigenvalue weighted by Gasteiger charge is -2.33. The zero-order valence-electron chi connectivity index (χ0n) is 43.8. The van der Waals surface area contributed by atoms with Crippen molar-refractivity contribution in [3.05, 3.63) is 126 Å². The second kappa shape index (κ2) is 31.7. The van der Waals surface area contributed by atoms with Gasteiger partial charge in [-0.3, -0.25) is 9.59 Å². The van der Waals surface area contributed by atoms with E-state index in [1.54, 1.807) is 36.4 Å². The number of halogens is 4. The highest BCUT2D eigenvalue weighted by atomic mass is 35.5. The predicted molar refractivity (Wildman–Crippen MR) is 298 cm³/mol. The third-order valence-electron chi connectivity index (χ3n) is 13.1. The van der Waals surface area contributed by atoms with E-state index in [1.165, 1.54) is 0 Å². The average molecular weight is 1210 g/mol. The van der Waals surface area contributed by atoms with Gasteiger partial charge in [0.2, 0.25) is 10.0 Å². The number of likely N-dealkylation sites (N-methyl/N-ethyl adjacent to an activating group) is 2. The van der Waals surface area contributed by atoms with E-state index in [0.29, 0.717) is 39.6 Å². The van der Waals surface area contributed by atoms with Crippen LogP contribution in [0.5, 0.6) is 0 Å². The molecule has 6 rings (SSSR count). The molecule has 2 aliphatic rings. The van der Waals surface area contributed by atoms with Gasteiger partial charge in [-0.2, -0.15) is 0 Å². The molecule has 0 saturated carbocycles. The molecule has 2 unspecified atom stereocenters. The first-order valence-corrected chi connectivity index (χ1v) is 30.4. The first-order valence-electron chi connectivity index (χ1n) is 25.7. The number of ketones is 1. The average Bonchev–Trinajstić information content (AvgIpc) is 3.47. The fourth-order valence-electron chi connectivity index (χ4n) is 9.10. The molecule has 24 heteroatoms. The molecule has 78 heavy (non-hydrogen) atoms. The second-order valence-electron chi connectivity index (χ2n) is 19.0. The number of aliphatic hydroxyl groups excluding tert-OH is 2. The normalized spacial score (nSPS) is 16.9. The number of hydrogen-bond acceptors (Lipinski definition) is 16. The number of sulfone groups is 1. The summed E-state index contributed by atoms with van der Waals surface area (Å²) in [4.78, 5) is 29.4. The Hall–Kier alpha value is -3.36. The fraction of sp³-hybridized carbons (Fsp3) is 0.519. The van der Waals surface area contributed by atoms with Crippen molar-refractivity contribution in [2.24, 2.45) is 0 Å². The zero-order valence-corrected chi connectivity index (χ0v) is 48.5. The summed E-state index contributed by atoms with van der Waals surface area (Å²) in [6, 6.07) is 21.1. The molecule has 4 N–H and O–H groups in total. The third-order valence-corrected chi connectivity index (χ3v) is 17.5. The Morgan fingerprint density at radius 1 is 0.577 bits per heavy atom. The highest BCUT2D eigenvalue weighted by Crippen LogP contribution is 2.40. The molecule has 4 aromatic carbocycles. The van der Waals surface area contributed by atoms with Crippen LogP contribution in [0.2, 0.25) is 20.1 Å². The Bertz CT molecular complexity index is 2610. The topological polar surface area (TPSA) is 229 Å². The molecule has 2 heterocycles. The van der Waals surface area contributed by atoms with Gasteiger partial charge < -0.3 is 53.8 Å². The van der Waals surface area contributed by atoms with Gasteiger partial charge >= 0.3 is 0 Å². The summed E-state index contributed by atoms with van der Waals surface area (Å²) in [5.41, 5.74) is 6.07. The van der Waals surface area contributed by atoms with Crippen molar-refractivity contribution in [3.8, 4) is 0 Å². The Morgan fingerprint density at radius 2 is 1.00 bits per heavy atom. The predicted octanol–water partition coefficient (Wildman–Crippen LogP) is 5.88. The first-order chi connectivity index (χ1) is 37.3. The van der Waals surface area contributed by atoms with Crippen LogP contribution in [0, 0.1) is 0 Å². The Kier molecular flexibility index (Phi) is 26.0. The summed E-state index contributed by atoms with van der Waals surface area (Å²) in [5.74, 6) is -1.70. The van der Waals surface area contributed by atoms with Crippen LogP contribution in [-0.4, -0.2) is 186 Å². The van der Waals surface area contributed by atoms with Gasteiger partial charge in [-0.15, -0.1) is 0 Å². The number of sulfonamides is 1. The van der Waals surface area contributed by atoms with Crippen molar-refractivity contribution in [2.75, 3.05) is 125 Å². The van der Waals surface area contributed by atoms with E-state index in [9.17, 15) is 36.6 Å². The lowest BCUT2D eigenvalue weighted by molar-refractivity contribution is -0.145. The molecule has 4 atom stereocenters. The van der Waals surface area contributed by atoms with Crippen molar-refractivity contribution in [1.29, 1.82) is 0 Å². The minimum Gasteiger partial charge on any atom is -0.382 e. The highest BCUT2D eigenvalue weighted by Gasteiger charge is 2.31. The van der Waals surface area contributed by atoms with E-state index in [4.69, 9.17) is 74.8 Å². The number of rotatable bonds is 34.